The first-order chi connectivity index (χ1) is 10.6. The molecule has 4 heteroatoms. The van der Waals surface area contributed by atoms with E-state index in [2.05, 4.69) is 6.92 Å². The zero-order chi connectivity index (χ0) is 15.7. The van der Waals surface area contributed by atoms with Crippen molar-refractivity contribution >= 4 is 16.7 Å². The van der Waals surface area contributed by atoms with Gasteiger partial charge in [0.15, 0.2) is 0 Å². The van der Waals surface area contributed by atoms with Gasteiger partial charge >= 0.3 is 0 Å². The SMILES string of the molecule is Cc1cc2ccccc2c(=O)n1CC(=O)N1CCC(C)CC1. The van der Waals surface area contributed by atoms with Gasteiger partial charge in [0.1, 0.15) is 6.54 Å². The van der Waals surface area contributed by atoms with Crippen molar-refractivity contribution in [1.82, 2.24) is 9.47 Å². The fourth-order valence-electron chi connectivity index (χ4n) is 3.12. The normalized spacial score (nSPS) is 16.2. The molecular formula is C18H22N2O2. The Morgan fingerprint density at radius 3 is 2.64 bits per heavy atom. The van der Waals surface area contributed by atoms with Crippen molar-refractivity contribution in [2.75, 3.05) is 13.1 Å². The summed E-state index contributed by atoms with van der Waals surface area (Å²) in [6.07, 6.45) is 2.11. The van der Waals surface area contributed by atoms with E-state index in [1.165, 1.54) is 0 Å². The van der Waals surface area contributed by atoms with E-state index in [9.17, 15) is 9.59 Å². The number of nitrogens with zero attached hydrogens (tertiary/aromatic N) is 2. The minimum absolute atomic E-state index is 0.0485. The number of fused-ring (bicyclic) bond motifs is 1. The van der Waals surface area contributed by atoms with E-state index in [-0.39, 0.29) is 18.0 Å². The van der Waals surface area contributed by atoms with E-state index < -0.39 is 0 Å². The summed E-state index contributed by atoms with van der Waals surface area (Å²) >= 11 is 0. The lowest BCUT2D eigenvalue weighted by molar-refractivity contribution is -0.133. The molecule has 1 aromatic carbocycles. The monoisotopic (exact) mass is 298 g/mol. The van der Waals surface area contributed by atoms with Crippen molar-refractivity contribution < 1.29 is 4.79 Å². The molecule has 0 atom stereocenters. The van der Waals surface area contributed by atoms with Gasteiger partial charge in [0.05, 0.1) is 0 Å². The lowest BCUT2D eigenvalue weighted by atomic mass is 9.99. The molecule has 2 heterocycles. The number of amides is 1. The molecule has 116 valence electrons. The molecule has 1 aliphatic heterocycles. The minimum atomic E-state index is -0.0747. The molecule has 3 rings (SSSR count). The van der Waals surface area contributed by atoms with E-state index >= 15 is 0 Å². The number of piperidine rings is 1. The van der Waals surface area contributed by atoms with Crippen LogP contribution in [0, 0.1) is 12.8 Å². The molecule has 0 spiro atoms. The molecule has 1 fully saturated rings. The first-order valence-corrected chi connectivity index (χ1v) is 7.93. The smallest absolute Gasteiger partial charge is 0.259 e. The number of aromatic nitrogens is 1. The maximum atomic E-state index is 12.6. The van der Waals surface area contributed by atoms with Crippen molar-refractivity contribution in [3.8, 4) is 0 Å². The Morgan fingerprint density at radius 1 is 1.23 bits per heavy atom. The molecular weight excluding hydrogens is 276 g/mol. The molecule has 0 unspecified atom stereocenters. The average Bonchev–Trinajstić information content (AvgIpc) is 2.52. The highest BCUT2D eigenvalue weighted by Gasteiger charge is 2.21. The number of benzene rings is 1. The Morgan fingerprint density at radius 2 is 1.91 bits per heavy atom. The van der Waals surface area contributed by atoms with Gasteiger partial charge in [0, 0.05) is 24.2 Å². The zero-order valence-electron chi connectivity index (χ0n) is 13.2. The largest absolute Gasteiger partial charge is 0.341 e. The first-order valence-electron chi connectivity index (χ1n) is 7.93. The van der Waals surface area contributed by atoms with Crippen LogP contribution in [-0.4, -0.2) is 28.5 Å². The second-order valence-electron chi connectivity index (χ2n) is 6.33. The number of hydrogen-bond acceptors (Lipinski definition) is 2. The molecule has 0 bridgehead atoms. The van der Waals surface area contributed by atoms with Crippen LogP contribution in [0.5, 0.6) is 0 Å². The molecule has 1 aliphatic rings. The molecule has 1 amide bonds. The lowest BCUT2D eigenvalue weighted by Gasteiger charge is -2.30. The summed E-state index contributed by atoms with van der Waals surface area (Å²) in [7, 11) is 0. The number of aryl methyl sites for hydroxylation is 1. The Hall–Kier alpha value is -2.10. The first kappa shape index (κ1) is 14.8. The van der Waals surface area contributed by atoms with Gasteiger partial charge < -0.3 is 9.47 Å². The summed E-state index contributed by atoms with van der Waals surface area (Å²) in [6, 6.07) is 9.51. The van der Waals surface area contributed by atoms with Crippen LogP contribution in [0.3, 0.4) is 0 Å². The summed E-state index contributed by atoms with van der Waals surface area (Å²) in [6.45, 7) is 5.87. The quantitative estimate of drug-likeness (QED) is 0.855. The van der Waals surface area contributed by atoms with E-state index in [0.717, 1.165) is 37.0 Å². The Bertz CT molecular complexity index is 755. The van der Waals surface area contributed by atoms with E-state index in [1.54, 1.807) is 4.57 Å². The third kappa shape index (κ3) is 2.78. The van der Waals surface area contributed by atoms with Crippen LogP contribution in [0.1, 0.15) is 25.5 Å². The lowest BCUT2D eigenvalue weighted by Crippen LogP contribution is -2.41. The van der Waals surface area contributed by atoms with Crippen molar-refractivity contribution in [2.45, 2.75) is 33.2 Å². The number of pyridine rings is 1. The molecule has 0 saturated carbocycles. The second-order valence-corrected chi connectivity index (χ2v) is 6.33. The van der Waals surface area contributed by atoms with Crippen LogP contribution in [-0.2, 0) is 11.3 Å². The fraction of sp³-hybridized carbons (Fsp3) is 0.444. The predicted octanol–water partition coefficient (Wildman–Crippen LogP) is 2.57. The van der Waals surface area contributed by atoms with Gasteiger partial charge in [-0.2, -0.15) is 0 Å². The van der Waals surface area contributed by atoms with Gasteiger partial charge in [-0.1, -0.05) is 25.1 Å². The molecule has 4 nitrogen and oxygen atoms in total. The average molecular weight is 298 g/mol. The highest BCUT2D eigenvalue weighted by molar-refractivity contribution is 5.82. The van der Waals surface area contributed by atoms with Crippen molar-refractivity contribution in [2.24, 2.45) is 5.92 Å². The fourth-order valence-corrected chi connectivity index (χ4v) is 3.12. The van der Waals surface area contributed by atoms with Crippen LogP contribution in [0.25, 0.3) is 10.8 Å². The van der Waals surface area contributed by atoms with E-state index in [4.69, 9.17) is 0 Å². The van der Waals surface area contributed by atoms with E-state index in [1.807, 2.05) is 42.2 Å². The van der Waals surface area contributed by atoms with Gasteiger partial charge in [0.25, 0.3) is 5.56 Å². The number of carbonyl (C=O) groups is 1. The summed E-state index contributed by atoms with van der Waals surface area (Å²) in [5.41, 5.74) is 0.761. The highest BCUT2D eigenvalue weighted by Crippen LogP contribution is 2.17. The van der Waals surface area contributed by atoms with Crippen molar-refractivity contribution in [1.29, 1.82) is 0 Å². The number of carbonyl (C=O) groups excluding carboxylic acids is 1. The maximum absolute atomic E-state index is 12.6. The Labute approximate surface area is 130 Å². The van der Waals surface area contributed by atoms with Crippen LogP contribution in [0.2, 0.25) is 0 Å². The summed E-state index contributed by atoms with van der Waals surface area (Å²) in [5.74, 6) is 0.738. The van der Waals surface area contributed by atoms with Crippen LogP contribution >= 0.6 is 0 Å². The summed E-state index contributed by atoms with van der Waals surface area (Å²) < 4.78 is 1.60. The van der Waals surface area contributed by atoms with Crippen LogP contribution < -0.4 is 5.56 Å². The summed E-state index contributed by atoms with van der Waals surface area (Å²) in [5, 5.41) is 1.61. The molecule has 0 aliphatic carbocycles. The van der Waals surface area contributed by atoms with Crippen molar-refractivity contribution in [3.05, 3.63) is 46.4 Å². The van der Waals surface area contributed by atoms with Gasteiger partial charge in [0.2, 0.25) is 5.91 Å². The third-order valence-corrected chi connectivity index (χ3v) is 4.66. The van der Waals surface area contributed by atoms with Gasteiger partial charge in [-0.15, -0.1) is 0 Å². The zero-order valence-corrected chi connectivity index (χ0v) is 13.2. The molecule has 0 N–H and O–H groups in total. The maximum Gasteiger partial charge on any atom is 0.259 e. The third-order valence-electron chi connectivity index (χ3n) is 4.66. The number of likely N-dealkylation sites (tertiary alicyclic amines) is 1. The van der Waals surface area contributed by atoms with Gasteiger partial charge in [-0.3, -0.25) is 9.59 Å². The molecule has 1 saturated heterocycles. The molecule has 2 aromatic rings. The Kier molecular flexibility index (Phi) is 4.01. The second kappa shape index (κ2) is 5.95. The minimum Gasteiger partial charge on any atom is -0.341 e. The molecule has 22 heavy (non-hydrogen) atoms. The summed E-state index contributed by atoms with van der Waals surface area (Å²) in [4.78, 5) is 27.0. The topological polar surface area (TPSA) is 42.3 Å². The highest BCUT2D eigenvalue weighted by atomic mass is 16.2. The van der Waals surface area contributed by atoms with Crippen molar-refractivity contribution in [3.63, 3.8) is 0 Å². The van der Waals surface area contributed by atoms with Gasteiger partial charge in [-0.05, 0) is 43.2 Å². The predicted molar refractivity (Wildman–Crippen MR) is 87.9 cm³/mol. The molecule has 0 radical (unpaired) electrons. The van der Waals surface area contributed by atoms with Crippen LogP contribution in [0.4, 0.5) is 0 Å². The van der Waals surface area contributed by atoms with Crippen LogP contribution in [0.15, 0.2) is 35.1 Å². The van der Waals surface area contributed by atoms with E-state index in [0.29, 0.717) is 11.3 Å². The standard InChI is InChI=1S/C18H22N2O2/c1-13-7-9-19(10-8-13)17(21)12-20-14(2)11-15-5-3-4-6-16(15)18(20)22/h3-6,11,13H,7-10,12H2,1-2H3. The molecule has 1 aromatic heterocycles. The number of rotatable bonds is 2. The number of hydrogen-bond donors (Lipinski definition) is 0. The Balaban J connectivity index is 1.87. The van der Waals surface area contributed by atoms with Gasteiger partial charge in [-0.25, -0.2) is 0 Å².